The van der Waals surface area contributed by atoms with Crippen LogP contribution in [0, 0.1) is 11.7 Å². The molecule has 0 atom stereocenters. The summed E-state index contributed by atoms with van der Waals surface area (Å²) in [4.78, 5) is 27.1. The van der Waals surface area contributed by atoms with Crippen LogP contribution in [0.5, 0.6) is 0 Å². The van der Waals surface area contributed by atoms with E-state index in [1.165, 1.54) is 13.0 Å². The first kappa shape index (κ1) is 14.0. The molecule has 2 fully saturated rings. The standard InChI is InChI=1S/C16H19FN2O2/c1-11(20)13-4-5-15(14(17)10-13)18-6-8-19(9-7-18)16(21)12-2-3-12/h4-5,10,12H,2-3,6-9H2,1H3. The van der Waals surface area contributed by atoms with Gasteiger partial charge in [0.25, 0.3) is 0 Å². The largest absolute Gasteiger partial charge is 0.366 e. The highest BCUT2D eigenvalue weighted by Crippen LogP contribution is 2.31. The van der Waals surface area contributed by atoms with Crippen LogP contribution in [0.15, 0.2) is 18.2 Å². The molecule has 0 N–H and O–H groups in total. The molecule has 1 aromatic rings. The lowest BCUT2D eigenvalue weighted by atomic mass is 10.1. The zero-order valence-corrected chi connectivity index (χ0v) is 12.1. The molecule has 1 aromatic carbocycles. The van der Waals surface area contributed by atoms with Crippen molar-refractivity contribution in [3.63, 3.8) is 0 Å². The number of halogens is 1. The molecule has 1 aliphatic carbocycles. The summed E-state index contributed by atoms with van der Waals surface area (Å²) < 4.78 is 14.1. The van der Waals surface area contributed by atoms with Crippen LogP contribution < -0.4 is 4.90 Å². The molecule has 0 radical (unpaired) electrons. The number of nitrogens with zero attached hydrogens (tertiary/aromatic N) is 2. The summed E-state index contributed by atoms with van der Waals surface area (Å²) in [6, 6.07) is 4.60. The second-order valence-electron chi connectivity index (χ2n) is 5.81. The van der Waals surface area contributed by atoms with Gasteiger partial charge in [0.15, 0.2) is 5.78 Å². The van der Waals surface area contributed by atoms with Crippen LogP contribution >= 0.6 is 0 Å². The minimum atomic E-state index is -0.371. The van der Waals surface area contributed by atoms with Gasteiger partial charge in [-0.1, -0.05) is 0 Å². The smallest absolute Gasteiger partial charge is 0.225 e. The van der Waals surface area contributed by atoms with Gasteiger partial charge in [-0.05, 0) is 38.0 Å². The van der Waals surface area contributed by atoms with E-state index in [1.807, 2.05) is 9.80 Å². The topological polar surface area (TPSA) is 40.6 Å². The predicted molar refractivity (Wildman–Crippen MR) is 77.9 cm³/mol. The van der Waals surface area contributed by atoms with Gasteiger partial charge in [-0.25, -0.2) is 4.39 Å². The van der Waals surface area contributed by atoms with Gasteiger partial charge in [-0.15, -0.1) is 0 Å². The third kappa shape index (κ3) is 2.91. The van der Waals surface area contributed by atoms with Gasteiger partial charge in [0, 0.05) is 37.7 Å². The number of carbonyl (C=O) groups excluding carboxylic acids is 2. The van der Waals surface area contributed by atoms with E-state index in [1.54, 1.807) is 12.1 Å². The fraction of sp³-hybridized carbons (Fsp3) is 0.500. The second-order valence-corrected chi connectivity index (χ2v) is 5.81. The number of hydrogen-bond acceptors (Lipinski definition) is 3. The van der Waals surface area contributed by atoms with Gasteiger partial charge >= 0.3 is 0 Å². The first-order valence-corrected chi connectivity index (χ1v) is 7.40. The SMILES string of the molecule is CC(=O)c1ccc(N2CCN(C(=O)C3CC3)CC2)c(F)c1. The number of rotatable bonds is 3. The fourth-order valence-corrected chi connectivity index (χ4v) is 2.74. The molecule has 0 unspecified atom stereocenters. The van der Waals surface area contributed by atoms with Crippen LogP contribution in [0.25, 0.3) is 0 Å². The quantitative estimate of drug-likeness (QED) is 0.800. The van der Waals surface area contributed by atoms with Crippen LogP contribution in [-0.4, -0.2) is 42.8 Å². The number of amides is 1. The van der Waals surface area contributed by atoms with Crippen LogP contribution in [0.2, 0.25) is 0 Å². The Kier molecular flexibility index (Phi) is 3.66. The summed E-state index contributed by atoms with van der Waals surface area (Å²) >= 11 is 0. The lowest BCUT2D eigenvalue weighted by Crippen LogP contribution is -2.49. The monoisotopic (exact) mass is 290 g/mol. The van der Waals surface area contributed by atoms with Gasteiger partial charge < -0.3 is 9.80 Å². The molecule has 1 amide bonds. The van der Waals surface area contributed by atoms with E-state index in [0.29, 0.717) is 37.4 Å². The molecular formula is C16H19FN2O2. The third-order valence-corrected chi connectivity index (χ3v) is 4.21. The first-order valence-electron chi connectivity index (χ1n) is 7.40. The van der Waals surface area contributed by atoms with E-state index in [0.717, 1.165) is 12.8 Å². The Bertz CT molecular complexity index is 576. The zero-order valence-electron chi connectivity index (χ0n) is 12.1. The molecule has 5 heteroatoms. The number of anilines is 1. The van der Waals surface area contributed by atoms with Crippen molar-refractivity contribution in [1.82, 2.24) is 4.90 Å². The first-order chi connectivity index (χ1) is 10.1. The van der Waals surface area contributed by atoms with Crippen molar-refractivity contribution < 1.29 is 14.0 Å². The number of benzene rings is 1. The molecule has 3 rings (SSSR count). The van der Waals surface area contributed by atoms with Crippen molar-refractivity contribution in [2.45, 2.75) is 19.8 Å². The number of carbonyl (C=O) groups is 2. The van der Waals surface area contributed by atoms with Gasteiger partial charge in [-0.2, -0.15) is 0 Å². The Morgan fingerprint density at radius 3 is 2.33 bits per heavy atom. The average Bonchev–Trinajstić information content (AvgIpc) is 3.31. The summed E-state index contributed by atoms with van der Waals surface area (Å²) in [5.41, 5.74) is 0.900. The highest BCUT2D eigenvalue weighted by molar-refractivity contribution is 5.94. The summed E-state index contributed by atoms with van der Waals surface area (Å²) in [5.74, 6) is -0.0184. The Morgan fingerprint density at radius 2 is 1.81 bits per heavy atom. The molecule has 112 valence electrons. The number of Topliss-reactive ketones (excluding diaryl/α,β-unsaturated/α-hetero) is 1. The van der Waals surface area contributed by atoms with Crippen molar-refractivity contribution >= 4 is 17.4 Å². The van der Waals surface area contributed by atoms with Gasteiger partial charge in [0.2, 0.25) is 5.91 Å². The van der Waals surface area contributed by atoms with Crippen molar-refractivity contribution in [3.8, 4) is 0 Å². The fourth-order valence-electron chi connectivity index (χ4n) is 2.74. The van der Waals surface area contributed by atoms with E-state index >= 15 is 0 Å². The van der Waals surface area contributed by atoms with E-state index in [9.17, 15) is 14.0 Å². The molecule has 0 aromatic heterocycles. The molecule has 21 heavy (non-hydrogen) atoms. The summed E-state index contributed by atoms with van der Waals surface area (Å²) in [5, 5.41) is 0. The Hall–Kier alpha value is -1.91. The number of piperazine rings is 1. The lowest BCUT2D eigenvalue weighted by Gasteiger charge is -2.36. The van der Waals surface area contributed by atoms with Crippen molar-refractivity contribution in [1.29, 1.82) is 0 Å². The normalized spacial score (nSPS) is 18.8. The minimum Gasteiger partial charge on any atom is -0.366 e. The molecule has 1 saturated carbocycles. The average molecular weight is 290 g/mol. The molecule has 2 aliphatic rings. The van der Waals surface area contributed by atoms with Gasteiger partial charge in [-0.3, -0.25) is 9.59 Å². The zero-order chi connectivity index (χ0) is 15.0. The molecule has 4 nitrogen and oxygen atoms in total. The van der Waals surface area contributed by atoms with Gasteiger partial charge in [0.1, 0.15) is 5.82 Å². The van der Waals surface area contributed by atoms with E-state index in [2.05, 4.69) is 0 Å². The van der Waals surface area contributed by atoms with Gasteiger partial charge in [0.05, 0.1) is 5.69 Å². The Labute approximate surface area is 123 Å². The highest BCUT2D eigenvalue weighted by Gasteiger charge is 2.34. The molecule has 1 saturated heterocycles. The number of ketones is 1. The third-order valence-electron chi connectivity index (χ3n) is 4.21. The maximum absolute atomic E-state index is 14.1. The van der Waals surface area contributed by atoms with Crippen LogP contribution in [0.3, 0.4) is 0 Å². The van der Waals surface area contributed by atoms with Crippen LogP contribution in [0.1, 0.15) is 30.1 Å². The molecule has 1 aliphatic heterocycles. The Morgan fingerprint density at radius 1 is 1.14 bits per heavy atom. The summed E-state index contributed by atoms with van der Waals surface area (Å²) in [6.45, 7) is 3.98. The van der Waals surface area contributed by atoms with Crippen molar-refractivity contribution in [2.24, 2.45) is 5.92 Å². The maximum Gasteiger partial charge on any atom is 0.225 e. The molecule has 0 spiro atoms. The summed E-state index contributed by atoms with van der Waals surface area (Å²) in [6.07, 6.45) is 2.03. The van der Waals surface area contributed by atoms with E-state index in [-0.39, 0.29) is 23.4 Å². The van der Waals surface area contributed by atoms with E-state index < -0.39 is 0 Å². The second kappa shape index (κ2) is 5.47. The van der Waals surface area contributed by atoms with E-state index in [4.69, 9.17) is 0 Å². The van der Waals surface area contributed by atoms with Crippen LogP contribution in [-0.2, 0) is 4.79 Å². The van der Waals surface area contributed by atoms with Crippen molar-refractivity contribution in [3.05, 3.63) is 29.6 Å². The number of hydrogen-bond donors (Lipinski definition) is 0. The minimum absolute atomic E-state index is 0.139. The maximum atomic E-state index is 14.1. The molecule has 0 bridgehead atoms. The highest BCUT2D eigenvalue weighted by atomic mass is 19.1. The molecular weight excluding hydrogens is 271 g/mol. The van der Waals surface area contributed by atoms with Crippen molar-refractivity contribution in [2.75, 3.05) is 31.1 Å². The summed E-state index contributed by atoms with van der Waals surface area (Å²) in [7, 11) is 0. The predicted octanol–water partition coefficient (Wildman–Crippen LogP) is 2.09. The molecule has 1 heterocycles. The van der Waals surface area contributed by atoms with Crippen LogP contribution in [0.4, 0.5) is 10.1 Å². The lowest BCUT2D eigenvalue weighted by molar-refractivity contribution is -0.132. The Balaban J connectivity index is 1.66.